The third kappa shape index (κ3) is 7.53. The molecule has 10 nitrogen and oxygen atoms in total. The van der Waals surface area contributed by atoms with Gasteiger partial charge in [0.25, 0.3) is 5.91 Å². The molecule has 1 aliphatic heterocycles. The fourth-order valence-electron chi connectivity index (χ4n) is 3.75. The second kappa shape index (κ2) is 12.7. The van der Waals surface area contributed by atoms with Crippen LogP contribution >= 0.6 is 0 Å². The van der Waals surface area contributed by atoms with E-state index in [0.29, 0.717) is 19.4 Å². The van der Waals surface area contributed by atoms with Crippen molar-refractivity contribution in [2.24, 2.45) is 11.8 Å². The van der Waals surface area contributed by atoms with Gasteiger partial charge in [-0.3, -0.25) is 24.2 Å². The lowest BCUT2D eigenvalue weighted by Gasteiger charge is -2.40. The number of hydrazine groups is 1. The minimum absolute atomic E-state index is 0.207. The molecule has 1 rings (SSSR count). The molecule has 0 spiro atoms. The van der Waals surface area contributed by atoms with Gasteiger partial charge in [0, 0.05) is 13.7 Å². The van der Waals surface area contributed by atoms with E-state index < -0.39 is 41.5 Å². The van der Waals surface area contributed by atoms with Gasteiger partial charge in [0.1, 0.15) is 17.6 Å². The van der Waals surface area contributed by atoms with Gasteiger partial charge in [0.15, 0.2) is 0 Å². The van der Waals surface area contributed by atoms with Crippen molar-refractivity contribution >= 4 is 23.7 Å². The van der Waals surface area contributed by atoms with Crippen LogP contribution in [0.3, 0.4) is 0 Å². The average molecular weight is 469 g/mol. The topological polar surface area (TPSA) is 126 Å². The first-order chi connectivity index (χ1) is 15.4. The van der Waals surface area contributed by atoms with E-state index in [9.17, 15) is 19.2 Å². The van der Waals surface area contributed by atoms with Crippen molar-refractivity contribution in [3.8, 4) is 0 Å². The molecule has 1 aliphatic rings. The monoisotopic (exact) mass is 468 g/mol. The maximum atomic E-state index is 13.0. The molecule has 5 atom stereocenters. The Bertz CT molecular complexity index is 740. The first-order valence-corrected chi connectivity index (χ1v) is 11.4. The van der Waals surface area contributed by atoms with Crippen LogP contribution in [0.2, 0.25) is 0 Å². The number of rotatable bonds is 10. The largest absolute Gasteiger partial charge is 0.468 e. The van der Waals surface area contributed by atoms with Crippen LogP contribution in [-0.4, -0.2) is 73.2 Å². The quantitative estimate of drug-likeness (QED) is 0.321. The van der Waals surface area contributed by atoms with Crippen LogP contribution in [0.25, 0.3) is 0 Å². The molecular formula is C23H40N4O6. The Kier molecular flexibility index (Phi) is 11.0. The van der Waals surface area contributed by atoms with Crippen LogP contribution in [0.1, 0.15) is 54.4 Å². The Morgan fingerprint density at radius 3 is 2.21 bits per heavy atom. The van der Waals surface area contributed by atoms with E-state index >= 15 is 0 Å². The van der Waals surface area contributed by atoms with E-state index in [1.165, 1.54) is 19.2 Å². The molecule has 3 amide bonds. The number of nitrogens with zero attached hydrogens (tertiary/aromatic N) is 1. The SMILES string of the molecule is C/C=C/C(OC)C(C)C(=O)NC(C(=O)NC(C)C(=O)N1CCCC(C)(C(=O)OC)N1)C(C)C. The molecule has 0 saturated carbocycles. The fourth-order valence-corrected chi connectivity index (χ4v) is 3.75. The van der Waals surface area contributed by atoms with E-state index in [0.717, 1.165) is 0 Å². The number of nitrogens with one attached hydrogen (secondary N) is 3. The van der Waals surface area contributed by atoms with Crippen molar-refractivity contribution in [2.45, 2.75) is 78.1 Å². The number of carbonyl (C=O) groups is 4. The zero-order valence-corrected chi connectivity index (χ0v) is 21.1. The summed E-state index contributed by atoms with van der Waals surface area (Å²) in [6.45, 7) is 10.8. The lowest BCUT2D eigenvalue weighted by Crippen LogP contribution is -2.65. The second-order valence-corrected chi connectivity index (χ2v) is 9.00. The Balaban J connectivity index is 2.83. The van der Waals surface area contributed by atoms with Crippen molar-refractivity contribution in [2.75, 3.05) is 20.8 Å². The summed E-state index contributed by atoms with van der Waals surface area (Å²) >= 11 is 0. The highest BCUT2D eigenvalue weighted by Crippen LogP contribution is 2.20. The van der Waals surface area contributed by atoms with Crippen molar-refractivity contribution in [3.63, 3.8) is 0 Å². The summed E-state index contributed by atoms with van der Waals surface area (Å²) in [6.07, 6.45) is 4.31. The molecule has 0 aliphatic carbocycles. The summed E-state index contributed by atoms with van der Waals surface area (Å²) in [5.74, 6) is -2.33. The van der Waals surface area contributed by atoms with E-state index in [-0.39, 0.29) is 17.7 Å². The van der Waals surface area contributed by atoms with Crippen molar-refractivity contribution in [1.82, 2.24) is 21.1 Å². The van der Waals surface area contributed by atoms with E-state index in [1.807, 2.05) is 20.8 Å². The van der Waals surface area contributed by atoms with Gasteiger partial charge in [-0.05, 0) is 39.5 Å². The van der Waals surface area contributed by atoms with Gasteiger partial charge in [0.05, 0.1) is 19.1 Å². The number of hydrogen-bond acceptors (Lipinski definition) is 7. The standard InChI is InChI=1S/C23H40N4O6/c1-9-11-17(32-7)15(4)19(28)25-18(14(2)3)20(29)24-16(5)21(30)27-13-10-12-23(6,26-27)22(31)33-8/h9,11,14-18,26H,10,12-13H2,1-8H3,(H,24,29)(H,25,28)/b11-9+. The zero-order chi connectivity index (χ0) is 25.3. The van der Waals surface area contributed by atoms with E-state index in [2.05, 4.69) is 16.1 Å². The Morgan fingerprint density at radius 2 is 1.70 bits per heavy atom. The van der Waals surface area contributed by atoms with Gasteiger partial charge in [-0.2, -0.15) is 0 Å². The first-order valence-electron chi connectivity index (χ1n) is 11.4. The molecule has 33 heavy (non-hydrogen) atoms. The smallest absolute Gasteiger partial charge is 0.327 e. The molecular weight excluding hydrogens is 428 g/mol. The molecule has 1 heterocycles. The minimum atomic E-state index is -1.01. The average Bonchev–Trinajstić information content (AvgIpc) is 2.78. The Morgan fingerprint density at radius 1 is 1.06 bits per heavy atom. The molecule has 3 N–H and O–H groups in total. The molecule has 10 heteroatoms. The predicted molar refractivity (Wildman–Crippen MR) is 124 cm³/mol. The van der Waals surface area contributed by atoms with Crippen molar-refractivity contribution < 1.29 is 28.7 Å². The summed E-state index contributed by atoms with van der Waals surface area (Å²) in [5, 5.41) is 6.82. The third-order valence-corrected chi connectivity index (χ3v) is 5.88. The summed E-state index contributed by atoms with van der Waals surface area (Å²) in [6, 6.07) is -1.69. The predicted octanol–water partition coefficient (Wildman–Crippen LogP) is 0.918. The molecule has 0 aromatic heterocycles. The van der Waals surface area contributed by atoms with Gasteiger partial charge in [-0.15, -0.1) is 0 Å². The van der Waals surface area contributed by atoms with Gasteiger partial charge in [0.2, 0.25) is 11.8 Å². The number of amides is 3. The highest BCUT2D eigenvalue weighted by Gasteiger charge is 2.41. The molecule has 1 fully saturated rings. The maximum Gasteiger partial charge on any atom is 0.327 e. The maximum absolute atomic E-state index is 13.0. The van der Waals surface area contributed by atoms with Gasteiger partial charge >= 0.3 is 5.97 Å². The van der Waals surface area contributed by atoms with Crippen LogP contribution in [0.15, 0.2) is 12.2 Å². The first kappa shape index (κ1) is 28.6. The van der Waals surface area contributed by atoms with Gasteiger partial charge in [-0.1, -0.05) is 32.9 Å². The molecule has 1 saturated heterocycles. The van der Waals surface area contributed by atoms with E-state index in [1.54, 1.807) is 32.9 Å². The number of esters is 1. The van der Waals surface area contributed by atoms with Crippen molar-refractivity contribution in [1.29, 1.82) is 0 Å². The molecule has 0 aromatic rings. The summed E-state index contributed by atoms with van der Waals surface area (Å²) < 4.78 is 10.2. The third-order valence-electron chi connectivity index (χ3n) is 5.88. The zero-order valence-electron chi connectivity index (χ0n) is 21.1. The van der Waals surface area contributed by atoms with Gasteiger partial charge in [-0.25, -0.2) is 5.43 Å². The van der Waals surface area contributed by atoms with E-state index in [4.69, 9.17) is 9.47 Å². The lowest BCUT2D eigenvalue weighted by molar-refractivity contribution is -0.157. The fraction of sp³-hybridized carbons (Fsp3) is 0.739. The molecule has 5 unspecified atom stereocenters. The highest BCUT2D eigenvalue weighted by molar-refractivity contribution is 5.92. The van der Waals surface area contributed by atoms with Gasteiger partial charge < -0.3 is 20.1 Å². The molecule has 188 valence electrons. The normalized spacial score (nSPS) is 22.4. The molecule has 0 radical (unpaired) electrons. The number of methoxy groups -OCH3 is 2. The van der Waals surface area contributed by atoms with Crippen molar-refractivity contribution in [3.05, 3.63) is 12.2 Å². The van der Waals surface area contributed by atoms with Crippen LogP contribution in [-0.2, 0) is 28.7 Å². The summed E-state index contributed by atoms with van der Waals surface area (Å²) in [4.78, 5) is 50.7. The molecule has 0 aromatic carbocycles. The Hall–Kier alpha value is -2.46. The second-order valence-electron chi connectivity index (χ2n) is 9.00. The molecule has 0 bridgehead atoms. The summed E-state index contributed by atoms with van der Waals surface area (Å²) in [5.41, 5.74) is 1.92. The number of carbonyl (C=O) groups excluding carboxylic acids is 4. The Labute approximate surface area is 196 Å². The highest BCUT2D eigenvalue weighted by atomic mass is 16.5. The number of hydrogen-bond donors (Lipinski definition) is 3. The lowest BCUT2D eigenvalue weighted by atomic mass is 9.94. The minimum Gasteiger partial charge on any atom is -0.468 e. The summed E-state index contributed by atoms with van der Waals surface area (Å²) in [7, 11) is 2.82. The van der Waals surface area contributed by atoms with Crippen LogP contribution in [0.4, 0.5) is 0 Å². The number of ether oxygens (including phenoxy) is 2. The van der Waals surface area contributed by atoms with Crippen LogP contribution in [0.5, 0.6) is 0 Å². The van der Waals surface area contributed by atoms with Crippen LogP contribution in [0, 0.1) is 11.8 Å². The number of allylic oxidation sites excluding steroid dienone is 1. The van der Waals surface area contributed by atoms with Crippen LogP contribution < -0.4 is 16.1 Å².